The molecule has 1 unspecified atom stereocenters. The third-order valence-electron chi connectivity index (χ3n) is 2.73. The minimum Gasteiger partial charge on any atom is -0.308 e. The average Bonchev–Trinajstić information content (AvgIpc) is 2.27. The van der Waals surface area contributed by atoms with Gasteiger partial charge in [-0.25, -0.2) is 8.78 Å². The van der Waals surface area contributed by atoms with E-state index in [1.807, 2.05) is 0 Å². The Balaban J connectivity index is 2.83. The molecule has 1 nitrogen and oxygen atoms in total. The van der Waals surface area contributed by atoms with Gasteiger partial charge < -0.3 is 5.32 Å². The predicted molar refractivity (Wildman–Crippen MR) is 66.9 cm³/mol. The first kappa shape index (κ1) is 14.1. The second-order valence-electron chi connectivity index (χ2n) is 4.69. The molecule has 1 N–H and O–H groups in total. The molecule has 1 atom stereocenters. The highest BCUT2D eigenvalue weighted by Crippen LogP contribution is 2.22. The zero-order valence-electron chi connectivity index (χ0n) is 10.8. The van der Waals surface area contributed by atoms with Crippen molar-refractivity contribution in [2.24, 2.45) is 0 Å². The van der Waals surface area contributed by atoms with Gasteiger partial charge >= 0.3 is 0 Å². The minimum absolute atomic E-state index is 0.102. The van der Waals surface area contributed by atoms with E-state index in [1.54, 1.807) is 6.07 Å². The average molecular weight is 241 g/mol. The van der Waals surface area contributed by atoms with E-state index in [-0.39, 0.29) is 6.04 Å². The third-order valence-corrected chi connectivity index (χ3v) is 2.73. The summed E-state index contributed by atoms with van der Waals surface area (Å²) in [7, 11) is 0. The van der Waals surface area contributed by atoms with E-state index >= 15 is 0 Å². The van der Waals surface area contributed by atoms with Gasteiger partial charge in [-0.05, 0) is 24.1 Å². The molecule has 0 aromatic heterocycles. The van der Waals surface area contributed by atoms with Crippen molar-refractivity contribution in [2.45, 2.75) is 52.1 Å². The van der Waals surface area contributed by atoms with Gasteiger partial charge in [-0.15, -0.1) is 0 Å². The van der Waals surface area contributed by atoms with E-state index in [0.717, 1.165) is 24.8 Å². The van der Waals surface area contributed by atoms with Crippen LogP contribution in [0.25, 0.3) is 0 Å². The molecule has 0 aliphatic carbocycles. The summed E-state index contributed by atoms with van der Waals surface area (Å²) in [5.41, 5.74) is 0.825. The van der Waals surface area contributed by atoms with Crippen molar-refractivity contribution >= 4 is 0 Å². The fourth-order valence-corrected chi connectivity index (χ4v) is 1.89. The monoisotopic (exact) mass is 241 g/mol. The van der Waals surface area contributed by atoms with Crippen LogP contribution >= 0.6 is 0 Å². The highest BCUT2D eigenvalue weighted by molar-refractivity contribution is 5.21. The molecule has 0 aliphatic heterocycles. The lowest BCUT2D eigenvalue weighted by Gasteiger charge is -2.21. The maximum absolute atomic E-state index is 13.2. The molecule has 0 fully saturated rings. The lowest BCUT2D eigenvalue weighted by atomic mass is 10.00. The van der Waals surface area contributed by atoms with Gasteiger partial charge in [0, 0.05) is 12.1 Å². The Morgan fingerprint density at radius 2 is 1.88 bits per heavy atom. The molecule has 0 saturated heterocycles. The summed E-state index contributed by atoms with van der Waals surface area (Å²) in [6.45, 7) is 6.23. The second-order valence-corrected chi connectivity index (χ2v) is 4.69. The lowest BCUT2D eigenvalue weighted by Crippen LogP contribution is -2.28. The van der Waals surface area contributed by atoms with E-state index in [2.05, 4.69) is 26.1 Å². The number of unbranched alkanes of at least 4 members (excludes halogenated alkanes) is 1. The van der Waals surface area contributed by atoms with Gasteiger partial charge in [-0.1, -0.05) is 39.7 Å². The Labute approximate surface area is 102 Å². The Bertz CT molecular complexity index is 350. The molecule has 1 aromatic rings. The zero-order chi connectivity index (χ0) is 12.8. The van der Waals surface area contributed by atoms with Crippen molar-refractivity contribution in [3.8, 4) is 0 Å². The normalized spacial score (nSPS) is 13.1. The van der Waals surface area contributed by atoms with Gasteiger partial charge in [-0.2, -0.15) is 0 Å². The van der Waals surface area contributed by atoms with Gasteiger partial charge in [0.05, 0.1) is 0 Å². The molecular weight excluding hydrogens is 220 g/mol. The van der Waals surface area contributed by atoms with Gasteiger partial charge in [0.2, 0.25) is 0 Å². The number of benzene rings is 1. The Kier molecular flexibility index (Phi) is 5.56. The van der Waals surface area contributed by atoms with E-state index < -0.39 is 11.6 Å². The van der Waals surface area contributed by atoms with Crippen LogP contribution in [0.1, 0.15) is 51.6 Å². The molecule has 0 aliphatic rings. The molecule has 0 radical (unpaired) electrons. The van der Waals surface area contributed by atoms with Crippen molar-refractivity contribution in [1.29, 1.82) is 0 Å². The van der Waals surface area contributed by atoms with E-state index in [9.17, 15) is 8.78 Å². The van der Waals surface area contributed by atoms with Crippen LogP contribution < -0.4 is 5.32 Å². The first-order valence-electron chi connectivity index (χ1n) is 6.25. The summed E-state index contributed by atoms with van der Waals surface area (Å²) in [6.07, 6.45) is 3.11. The summed E-state index contributed by atoms with van der Waals surface area (Å²) in [6, 6.07) is 4.58. The van der Waals surface area contributed by atoms with Crippen LogP contribution in [0.5, 0.6) is 0 Å². The van der Waals surface area contributed by atoms with Crippen molar-refractivity contribution in [1.82, 2.24) is 5.32 Å². The van der Waals surface area contributed by atoms with E-state index in [4.69, 9.17) is 0 Å². The summed E-state index contributed by atoms with van der Waals surface area (Å²) in [5, 5.41) is 3.39. The molecule has 0 bridgehead atoms. The second kappa shape index (κ2) is 6.70. The van der Waals surface area contributed by atoms with E-state index in [0.29, 0.717) is 6.04 Å². The largest absolute Gasteiger partial charge is 0.308 e. The molecule has 0 heterocycles. The summed E-state index contributed by atoms with van der Waals surface area (Å²) in [5.74, 6) is -1.55. The zero-order valence-corrected chi connectivity index (χ0v) is 10.8. The van der Waals surface area contributed by atoms with Crippen LogP contribution in [0.4, 0.5) is 8.78 Å². The highest BCUT2D eigenvalue weighted by atomic mass is 19.2. The highest BCUT2D eigenvalue weighted by Gasteiger charge is 2.14. The third kappa shape index (κ3) is 4.43. The Morgan fingerprint density at radius 3 is 2.41 bits per heavy atom. The maximum atomic E-state index is 13.2. The van der Waals surface area contributed by atoms with E-state index in [1.165, 1.54) is 12.1 Å². The van der Waals surface area contributed by atoms with Crippen LogP contribution in [0.15, 0.2) is 18.2 Å². The summed E-state index contributed by atoms with van der Waals surface area (Å²) in [4.78, 5) is 0. The number of halogens is 2. The van der Waals surface area contributed by atoms with Gasteiger partial charge in [0.25, 0.3) is 0 Å². The molecule has 0 saturated carbocycles. The van der Waals surface area contributed by atoms with Crippen LogP contribution in [-0.4, -0.2) is 6.04 Å². The molecule has 0 amide bonds. The first-order chi connectivity index (χ1) is 8.04. The SMILES string of the molecule is CCCCC(NC(C)C)c1ccc(F)c(F)c1. The molecular formula is C14H21F2N. The predicted octanol–water partition coefficient (Wildman–Crippen LogP) is 4.19. The van der Waals surface area contributed by atoms with Crippen LogP contribution in [-0.2, 0) is 0 Å². The van der Waals surface area contributed by atoms with Gasteiger partial charge in [0.15, 0.2) is 11.6 Å². The lowest BCUT2D eigenvalue weighted by molar-refractivity contribution is 0.434. The topological polar surface area (TPSA) is 12.0 Å². The summed E-state index contributed by atoms with van der Waals surface area (Å²) < 4.78 is 26.1. The first-order valence-corrected chi connectivity index (χ1v) is 6.25. The Hall–Kier alpha value is -0.960. The fourth-order valence-electron chi connectivity index (χ4n) is 1.89. The smallest absolute Gasteiger partial charge is 0.159 e. The number of hydrogen-bond acceptors (Lipinski definition) is 1. The standard InChI is InChI=1S/C14H21F2N/c1-4-5-6-14(17-10(2)3)11-7-8-12(15)13(16)9-11/h7-10,14,17H,4-6H2,1-3H3. The molecule has 0 spiro atoms. The van der Waals surface area contributed by atoms with Crippen LogP contribution in [0.3, 0.4) is 0 Å². The Morgan fingerprint density at radius 1 is 1.18 bits per heavy atom. The van der Waals surface area contributed by atoms with Crippen molar-refractivity contribution in [3.63, 3.8) is 0 Å². The molecule has 3 heteroatoms. The van der Waals surface area contributed by atoms with Crippen molar-refractivity contribution in [2.75, 3.05) is 0 Å². The minimum atomic E-state index is -0.785. The van der Waals surface area contributed by atoms with Crippen molar-refractivity contribution in [3.05, 3.63) is 35.4 Å². The summed E-state index contributed by atoms with van der Waals surface area (Å²) >= 11 is 0. The van der Waals surface area contributed by atoms with Crippen molar-refractivity contribution < 1.29 is 8.78 Å². The number of hydrogen-bond donors (Lipinski definition) is 1. The quantitative estimate of drug-likeness (QED) is 0.787. The molecule has 96 valence electrons. The van der Waals surface area contributed by atoms with Gasteiger partial charge in [-0.3, -0.25) is 0 Å². The van der Waals surface area contributed by atoms with Crippen LogP contribution in [0.2, 0.25) is 0 Å². The van der Waals surface area contributed by atoms with Crippen LogP contribution in [0, 0.1) is 11.6 Å². The number of rotatable bonds is 6. The molecule has 1 aromatic carbocycles. The molecule has 17 heavy (non-hydrogen) atoms. The number of nitrogens with one attached hydrogen (secondary N) is 1. The maximum Gasteiger partial charge on any atom is 0.159 e. The fraction of sp³-hybridized carbons (Fsp3) is 0.571. The van der Waals surface area contributed by atoms with Gasteiger partial charge in [0.1, 0.15) is 0 Å². The molecule has 1 rings (SSSR count).